The van der Waals surface area contributed by atoms with Gasteiger partial charge in [0, 0.05) is 18.7 Å². The Hall–Kier alpha value is -3.04. The molecule has 0 aliphatic rings. The van der Waals surface area contributed by atoms with Crippen LogP contribution in [-0.4, -0.2) is 41.4 Å². The average molecular weight is 511 g/mol. The number of sulfone groups is 1. The van der Waals surface area contributed by atoms with E-state index in [1.54, 1.807) is 35.2 Å². The summed E-state index contributed by atoms with van der Waals surface area (Å²) in [6.45, 7) is 8.99. The number of fused-ring (bicyclic) bond motifs is 1. The molecule has 0 saturated heterocycles. The number of anilines is 1. The third kappa shape index (κ3) is 5.62. The monoisotopic (exact) mass is 510 g/mol. The molecule has 2 aromatic heterocycles. The van der Waals surface area contributed by atoms with Gasteiger partial charge >= 0.3 is 0 Å². The van der Waals surface area contributed by atoms with Gasteiger partial charge in [-0.25, -0.2) is 13.4 Å². The molecule has 0 aliphatic heterocycles. The fraction of sp³-hybridized carbons (Fsp3) is 0.346. The van der Waals surface area contributed by atoms with Gasteiger partial charge in [-0.3, -0.25) is 14.4 Å². The first kappa shape index (κ1) is 25.1. The third-order valence-electron chi connectivity index (χ3n) is 5.92. The summed E-state index contributed by atoms with van der Waals surface area (Å²) in [6.07, 6.45) is -0.124. The van der Waals surface area contributed by atoms with Gasteiger partial charge in [0.15, 0.2) is 15.0 Å². The van der Waals surface area contributed by atoms with Crippen LogP contribution in [0.1, 0.15) is 43.1 Å². The molecule has 7 nitrogen and oxygen atoms in total. The van der Waals surface area contributed by atoms with Crippen molar-refractivity contribution in [3.8, 4) is 0 Å². The van der Waals surface area contributed by atoms with Crippen LogP contribution < -0.4 is 4.90 Å². The Labute approximate surface area is 210 Å². The lowest BCUT2D eigenvalue weighted by atomic mass is 10.0. The van der Waals surface area contributed by atoms with E-state index in [0.717, 1.165) is 27.2 Å². The molecule has 4 aromatic rings. The molecule has 0 N–H and O–H groups in total. The lowest BCUT2D eigenvalue weighted by Crippen LogP contribution is -2.35. The largest absolute Gasteiger partial charge is 0.286 e. The predicted molar refractivity (Wildman–Crippen MR) is 141 cm³/mol. The zero-order valence-corrected chi connectivity index (χ0v) is 22.1. The van der Waals surface area contributed by atoms with Gasteiger partial charge in [-0.1, -0.05) is 55.5 Å². The van der Waals surface area contributed by atoms with Gasteiger partial charge in [0.1, 0.15) is 0 Å². The van der Waals surface area contributed by atoms with E-state index in [-0.39, 0.29) is 23.0 Å². The number of aromatic nitrogens is 3. The number of aryl methyl sites for hydroxylation is 2. The minimum absolute atomic E-state index is 0.124. The fourth-order valence-electron chi connectivity index (χ4n) is 4.06. The number of para-hydroxylation sites is 1. The lowest BCUT2D eigenvalue weighted by molar-refractivity contribution is -0.118. The number of carbonyl (C=O) groups is 1. The summed E-state index contributed by atoms with van der Waals surface area (Å²) >= 11 is 1.45. The molecular weight excluding hydrogens is 480 g/mol. The van der Waals surface area contributed by atoms with Crippen LogP contribution in [0, 0.1) is 13.8 Å². The van der Waals surface area contributed by atoms with Gasteiger partial charge in [-0.05, 0) is 49.6 Å². The standard InChI is InChI=1S/C26H30N4O3S2/c1-18(2)22-11-8-12-23-25(22)27-26(34-23)29(14-15-30-20(4)17-19(3)28-30)24(31)13-16-35(32,33)21-9-6-5-7-10-21/h5-12,17-18H,13-16H2,1-4H3. The Balaban J connectivity index is 1.62. The summed E-state index contributed by atoms with van der Waals surface area (Å²) in [5.74, 6) is -0.228. The molecule has 0 unspecified atom stereocenters. The quantitative estimate of drug-likeness (QED) is 0.312. The van der Waals surface area contributed by atoms with Crippen molar-refractivity contribution >= 4 is 42.4 Å². The average Bonchev–Trinajstić information content (AvgIpc) is 3.40. The van der Waals surface area contributed by atoms with Crippen molar-refractivity contribution in [2.45, 2.75) is 51.5 Å². The van der Waals surface area contributed by atoms with E-state index < -0.39 is 9.84 Å². The maximum atomic E-state index is 13.4. The van der Waals surface area contributed by atoms with Crippen molar-refractivity contribution in [3.63, 3.8) is 0 Å². The minimum Gasteiger partial charge on any atom is -0.286 e. The Morgan fingerprint density at radius 2 is 1.83 bits per heavy atom. The SMILES string of the molecule is Cc1cc(C)n(CCN(C(=O)CCS(=O)(=O)c2ccccc2)c2nc3c(C(C)C)cccc3s2)n1. The molecule has 1 amide bonds. The number of nitrogens with zero attached hydrogens (tertiary/aromatic N) is 4. The summed E-state index contributed by atoms with van der Waals surface area (Å²) in [7, 11) is -3.57. The molecular formula is C26H30N4O3S2. The molecule has 9 heteroatoms. The van der Waals surface area contributed by atoms with Crippen molar-refractivity contribution in [2.75, 3.05) is 17.2 Å². The fourth-order valence-corrected chi connectivity index (χ4v) is 6.36. The van der Waals surface area contributed by atoms with Gasteiger partial charge < -0.3 is 0 Å². The lowest BCUT2D eigenvalue weighted by Gasteiger charge is -2.20. The van der Waals surface area contributed by atoms with E-state index >= 15 is 0 Å². The van der Waals surface area contributed by atoms with E-state index in [1.165, 1.54) is 11.3 Å². The normalized spacial score (nSPS) is 11.9. The highest BCUT2D eigenvalue weighted by Crippen LogP contribution is 2.34. The van der Waals surface area contributed by atoms with Gasteiger partial charge in [0.25, 0.3) is 0 Å². The Bertz CT molecular complexity index is 1440. The molecule has 0 spiro atoms. The second kappa shape index (κ2) is 10.3. The third-order valence-corrected chi connectivity index (χ3v) is 8.69. The topological polar surface area (TPSA) is 85.2 Å². The summed E-state index contributed by atoms with van der Waals surface area (Å²) in [5, 5.41) is 5.09. The minimum atomic E-state index is -3.57. The summed E-state index contributed by atoms with van der Waals surface area (Å²) in [6, 6.07) is 16.3. The molecule has 184 valence electrons. The Morgan fingerprint density at radius 1 is 1.09 bits per heavy atom. The summed E-state index contributed by atoms with van der Waals surface area (Å²) in [4.78, 5) is 20.1. The van der Waals surface area contributed by atoms with Crippen LogP contribution >= 0.6 is 11.3 Å². The first-order valence-corrected chi connectivity index (χ1v) is 14.1. The van der Waals surface area contributed by atoms with Crippen molar-refractivity contribution in [3.05, 3.63) is 71.5 Å². The molecule has 35 heavy (non-hydrogen) atoms. The zero-order chi connectivity index (χ0) is 25.2. The smallest absolute Gasteiger partial charge is 0.229 e. The number of carbonyl (C=O) groups excluding carboxylic acids is 1. The molecule has 2 aromatic carbocycles. The first-order chi connectivity index (χ1) is 16.7. The van der Waals surface area contributed by atoms with Crippen LogP contribution in [0.5, 0.6) is 0 Å². The molecule has 0 saturated carbocycles. The van der Waals surface area contributed by atoms with Crippen LogP contribution in [0.4, 0.5) is 5.13 Å². The predicted octanol–water partition coefficient (Wildman–Crippen LogP) is 5.13. The van der Waals surface area contributed by atoms with Crippen LogP contribution in [0.2, 0.25) is 0 Å². The van der Waals surface area contributed by atoms with E-state index in [2.05, 4.69) is 25.0 Å². The highest BCUT2D eigenvalue weighted by Gasteiger charge is 2.24. The van der Waals surface area contributed by atoms with Gasteiger partial charge in [-0.15, -0.1) is 0 Å². The number of rotatable bonds is 9. The molecule has 0 fully saturated rings. The van der Waals surface area contributed by atoms with Crippen molar-refractivity contribution in [1.82, 2.24) is 14.8 Å². The van der Waals surface area contributed by atoms with E-state index in [4.69, 9.17) is 4.98 Å². The molecule has 0 atom stereocenters. The van der Waals surface area contributed by atoms with Gasteiger partial charge in [0.2, 0.25) is 5.91 Å². The summed E-state index contributed by atoms with van der Waals surface area (Å²) in [5.41, 5.74) is 3.94. The number of thiazole rings is 1. The van der Waals surface area contributed by atoms with Crippen molar-refractivity contribution in [1.29, 1.82) is 0 Å². The second-order valence-corrected chi connectivity index (χ2v) is 12.0. The molecule has 0 radical (unpaired) electrons. The highest BCUT2D eigenvalue weighted by molar-refractivity contribution is 7.91. The maximum Gasteiger partial charge on any atom is 0.229 e. The van der Waals surface area contributed by atoms with Gasteiger partial charge in [-0.2, -0.15) is 5.10 Å². The van der Waals surface area contributed by atoms with Crippen molar-refractivity contribution < 1.29 is 13.2 Å². The maximum absolute atomic E-state index is 13.4. The first-order valence-electron chi connectivity index (χ1n) is 11.6. The Kier molecular flexibility index (Phi) is 7.37. The van der Waals surface area contributed by atoms with E-state index in [9.17, 15) is 13.2 Å². The van der Waals surface area contributed by atoms with Gasteiger partial charge in [0.05, 0.1) is 33.1 Å². The van der Waals surface area contributed by atoms with Crippen molar-refractivity contribution in [2.24, 2.45) is 0 Å². The van der Waals surface area contributed by atoms with Crippen LogP contribution in [-0.2, 0) is 21.2 Å². The van der Waals surface area contributed by atoms with Crippen LogP contribution in [0.3, 0.4) is 0 Å². The highest BCUT2D eigenvalue weighted by atomic mass is 32.2. The molecule has 0 aliphatic carbocycles. The van der Waals surface area contributed by atoms with Crippen LogP contribution in [0.15, 0.2) is 59.5 Å². The zero-order valence-electron chi connectivity index (χ0n) is 20.4. The Morgan fingerprint density at radius 3 is 2.49 bits per heavy atom. The number of hydrogen-bond acceptors (Lipinski definition) is 6. The number of benzene rings is 2. The molecule has 0 bridgehead atoms. The molecule has 2 heterocycles. The van der Waals surface area contributed by atoms with Crippen LogP contribution in [0.25, 0.3) is 10.2 Å². The number of hydrogen-bond donors (Lipinski definition) is 0. The number of amides is 1. The van der Waals surface area contributed by atoms with E-state index in [1.807, 2.05) is 36.7 Å². The molecule has 4 rings (SSSR count). The summed E-state index contributed by atoms with van der Waals surface area (Å²) < 4.78 is 28.4. The second-order valence-electron chi connectivity index (χ2n) is 8.92. The van der Waals surface area contributed by atoms with E-state index in [0.29, 0.717) is 24.1 Å².